The number of carbonyl (C=O) groups excluding carboxylic acids is 1. The van der Waals surface area contributed by atoms with Crippen molar-refractivity contribution in [2.24, 2.45) is 0 Å². The van der Waals surface area contributed by atoms with Crippen LogP contribution in [-0.4, -0.2) is 5.24 Å². The summed E-state index contributed by atoms with van der Waals surface area (Å²) < 4.78 is 0. The zero-order valence-electron chi connectivity index (χ0n) is 5.84. The minimum atomic E-state index is -0.672. The van der Waals surface area contributed by atoms with E-state index in [1.807, 2.05) is 6.07 Å². The van der Waals surface area contributed by atoms with E-state index in [0.717, 1.165) is 0 Å². The van der Waals surface area contributed by atoms with Crippen molar-refractivity contribution < 1.29 is 4.79 Å². The fourth-order valence-electron chi connectivity index (χ4n) is 0.777. The molecule has 0 saturated carbocycles. The van der Waals surface area contributed by atoms with Gasteiger partial charge in [-0.05, 0) is 29.8 Å². The molecule has 2 nitrogen and oxygen atoms in total. The van der Waals surface area contributed by atoms with Gasteiger partial charge in [0, 0.05) is 5.02 Å². The molecule has 0 heterocycles. The quantitative estimate of drug-likeness (QED) is 0.653. The lowest BCUT2D eigenvalue weighted by molar-refractivity contribution is 0.108. The number of rotatable bonds is 1. The molecular formula is C8H3Cl2NO. The van der Waals surface area contributed by atoms with E-state index in [0.29, 0.717) is 5.02 Å². The molecule has 0 aliphatic heterocycles. The van der Waals surface area contributed by atoms with Crippen molar-refractivity contribution in [3.05, 3.63) is 34.3 Å². The van der Waals surface area contributed by atoms with Gasteiger partial charge in [0.25, 0.3) is 5.24 Å². The van der Waals surface area contributed by atoms with Gasteiger partial charge in [0.1, 0.15) is 0 Å². The van der Waals surface area contributed by atoms with E-state index in [9.17, 15) is 4.79 Å². The van der Waals surface area contributed by atoms with Crippen LogP contribution in [0.2, 0.25) is 5.02 Å². The molecule has 1 rings (SSSR count). The third-order valence-corrected chi connectivity index (χ3v) is 1.75. The minimum absolute atomic E-state index is 0.145. The van der Waals surface area contributed by atoms with Gasteiger partial charge in [-0.15, -0.1) is 0 Å². The molecular weight excluding hydrogens is 197 g/mol. The minimum Gasteiger partial charge on any atom is -0.276 e. The molecule has 0 saturated heterocycles. The highest BCUT2D eigenvalue weighted by atomic mass is 35.5. The van der Waals surface area contributed by atoms with E-state index < -0.39 is 5.24 Å². The summed E-state index contributed by atoms with van der Waals surface area (Å²) in [6.07, 6.45) is 0. The Morgan fingerprint density at radius 1 is 1.50 bits per heavy atom. The molecule has 0 spiro atoms. The van der Waals surface area contributed by atoms with E-state index in [1.165, 1.54) is 18.2 Å². The first-order valence-corrected chi connectivity index (χ1v) is 3.80. The summed E-state index contributed by atoms with van der Waals surface area (Å²) in [7, 11) is 0. The molecule has 60 valence electrons. The van der Waals surface area contributed by atoms with Gasteiger partial charge in [0.2, 0.25) is 0 Å². The number of hydrogen-bond donors (Lipinski definition) is 0. The third-order valence-electron chi connectivity index (χ3n) is 1.31. The molecule has 4 heteroatoms. The van der Waals surface area contributed by atoms with E-state index in [1.54, 1.807) is 0 Å². The molecule has 0 bridgehead atoms. The summed E-state index contributed by atoms with van der Waals surface area (Å²) in [6.45, 7) is 0. The third kappa shape index (κ3) is 1.76. The van der Waals surface area contributed by atoms with Crippen LogP contribution < -0.4 is 0 Å². The number of benzene rings is 1. The molecule has 1 aromatic rings. The van der Waals surface area contributed by atoms with Crippen LogP contribution in [0.1, 0.15) is 15.9 Å². The Labute approximate surface area is 79.3 Å². The Morgan fingerprint density at radius 2 is 2.17 bits per heavy atom. The maximum atomic E-state index is 10.7. The second-order valence-corrected chi connectivity index (χ2v) is 2.86. The molecule has 1 aromatic carbocycles. The maximum absolute atomic E-state index is 10.7. The standard InChI is InChI=1S/C8H3Cl2NO/c9-6-2-1-5(4-11)7(3-6)8(10)12/h1-3H. The van der Waals surface area contributed by atoms with Crippen molar-refractivity contribution in [1.82, 2.24) is 0 Å². The number of halogens is 2. The molecule has 0 aromatic heterocycles. The normalized spacial score (nSPS) is 9.08. The summed E-state index contributed by atoms with van der Waals surface area (Å²) in [5, 5.41) is 8.27. The molecule has 0 aliphatic rings. The smallest absolute Gasteiger partial charge is 0.253 e. The molecule has 0 amide bonds. The van der Waals surface area contributed by atoms with Gasteiger partial charge >= 0.3 is 0 Å². The molecule has 0 N–H and O–H groups in total. The molecule has 0 fully saturated rings. The van der Waals surface area contributed by atoms with Crippen molar-refractivity contribution in [1.29, 1.82) is 5.26 Å². The Bertz CT molecular complexity index is 368. The topological polar surface area (TPSA) is 40.9 Å². The van der Waals surface area contributed by atoms with Gasteiger partial charge in [-0.25, -0.2) is 0 Å². The second kappa shape index (κ2) is 3.57. The van der Waals surface area contributed by atoms with Crippen molar-refractivity contribution >= 4 is 28.4 Å². The lowest BCUT2D eigenvalue weighted by Gasteiger charge is -1.96. The maximum Gasteiger partial charge on any atom is 0.253 e. The van der Waals surface area contributed by atoms with Gasteiger partial charge in [0.05, 0.1) is 17.2 Å². The fraction of sp³-hybridized carbons (Fsp3) is 0. The number of hydrogen-bond acceptors (Lipinski definition) is 2. The van der Waals surface area contributed by atoms with Crippen molar-refractivity contribution in [2.75, 3.05) is 0 Å². The van der Waals surface area contributed by atoms with Crippen molar-refractivity contribution in [3.8, 4) is 6.07 Å². The predicted octanol–water partition coefficient (Wildman–Crippen LogP) is 2.59. The summed E-state index contributed by atoms with van der Waals surface area (Å²) in [5.74, 6) is 0. The summed E-state index contributed by atoms with van der Waals surface area (Å²) in [6, 6.07) is 6.20. The van der Waals surface area contributed by atoms with Crippen LogP contribution in [0.15, 0.2) is 18.2 Å². The fourth-order valence-corrected chi connectivity index (χ4v) is 1.11. The highest BCUT2D eigenvalue weighted by Gasteiger charge is 2.08. The summed E-state index contributed by atoms with van der Waals surface area (Å²) in [5.41, 5.74) is 0.381. The van der Waals surface area contributed by atoms with E-state index in [4.69, 9.17) is 28.5 Å². The van der Waals surface area contributed by atoms with Gasteiger partial charge < -0.3 is 0 Å². The van der Waals surface area contributed by atoms with Crippen molar-refractivity contribution in [2.45, 2.75) is 0 Å². The molecule has 0 aliphatic carbocycles. The lowest BCUT2D eigenvalue weighted by atomic mass is 10.1. The molecule has 0 unspecified atom stereocenters. The van der Waals surface area contributed by atoms with Crippen LogP contribution in [-0.2, 0) is 0 Å². The van der Waals surface area contributed by atoms with Crippen molar-refractivity contribution in [3.63, 3.8) is 0 Å². The first-order valence-electron chi connectivity index (χ1n) is 3.04. The Morgan fingerprint density at radius 3 is 2.67 bits per heavy atom. The number of nitrogens with zero attached hydrogens (tertiary/aromatic N) is 1. The molecule has 0 radical (unpaired) electrons. The van der Waals surface area contributed by atoms with Gasteiger partial charge in [0.15, 0.2) is 0 Å². The van der Waals surface area contributed by atoms with Crippen LogP contribution >= 0.6 is 23.2 Å². The summed E-state index contributed by atoms with van der Waals surface area (Å²) >= 11 is 10.8. The molecule has 12 heavy (non-hydrogen) atoms. The zero-order chi connectivity index (χ0) is 9.14. The van der Waals surface area contributed by atoms with Crippen LogP contribution in [0.25, 0.3) is 0 Å². The first kappa shape index (κ1) is 9.05. The van der Waals surface area contributed by atoms with Gasteiger partial charge in [-0.1, -0.05) is 11.6 Å². The average Bonchev–Trinajstić information content (AvgIpc) is 2.04. The van der Waals surface area contributed by atoms with Crippen LogP contribution in [0.5, 0.6) is 0 Å². The number of nitriles is 1. The van der Waals surface area contributed by atoms with Crippen LogP contribution in [0.4, 0.5) is 0 Å². The van der Waals surface area contributed by atoms with Crippen LogP contribution in [0.3, 0.4) is 0 Å². The molecule has 0 atom stereocenters. The van der Waals surface area contributed by atoms with E-state index in [-0.39, 0.29) is 11.1 Å². The summed E-state index contributed by atoms with van der Waals surface area (Å²) in [4.78, 5) is 10.7. The van der Waals surface area contributed by atoms with Gasteiger partial charge in [-0.3, -0.25) is 4.79 Å². The van der Waals surface area contributed by atoms with E-state index in [2.05, 4.69) is 0 Å². The van der Waals surface area contributed by atoms with E-state index >= 15 is 0 Å². The van der Waals surface area contributed by atoms with Gasteiger partial charge in [-0.2, -0.15) is 5.26 Å². The second-order valence-electron chi connectivity index (χ2n) is 2.08. The highest BCUT2D eigenvalue weighted by molar-refractivity contribution is 6.68. The highest BCUT2D eigenvalue weighted by Crippen LogP contribution is 2.16. The average molecular weight is 200 g/mol. The Kier molecular flexibility index (Phi) is 2.69. The zero-order valence-corrected chi connectivity index (χ0v) is 7.36. The van der Waals surface area contributed by atoms with Crippen LogP contribution in [0, 0.1) is 11.3 Å². The monoisotopic (exact) mass is 199 g/mol. The Hall–Kier alpha value is -1.04. The first-order chi connectivity index (χ1) is 5.65. The number of carbonyl (C=O) groups is 1. The largest absolute Gasteiger partial charge is 0.276 e. The lowest BCUT2D eigenvalue weighted by Crippen LogP contribution is -1.93. The Balaban J connectivity index is 3.34. The predicted molar refractivity (Wildman–Crippen MR) is 46.4 cm³/mol. The SMILES string of the molecule is N#Cc1ccc(Cl)cc1C(=O)Cl.